The summed E-state index contributed by atoms with van der Waals surface area (Å²) in [6.45, 7) is 0. The molecule has 0 fully saturated rings. The molecule has 0 saturated carbocycles. The molecular formula is C39H29N3. The van der Waals surface area contributed by atoms with E-state index in [1.54, 1.807) is 0 Å². The van der Waals surface area contributed by atoms with E-state index >= 15 is 0 Å². The first-order valence-corrected chi connectivity index (χ1v) is 14.5. The van der Waals surface area contributed by atoms with E-state index in [0.717, 1.165) is 23.4 Å². The number of aliphatic imine (C=N–C) groups is 1. The number of anilines is 1. The smallest absolute Gasteiger partial charge is 0.0862 e. The van der Waals surface area contributed by atoms with Crippen molar-refractivity contribution in [3.8, 4) is 16.8 Å². The predicted octanol–water partition coefficient (Wildman–Crippen LogP) is 9.69. The molecule has 0 amide bonds. The molecule has 0 saturated heterocycles. The summed E-state index contributed by atoms with van der Waals surface area (Å²) in [5.74, 6) is 0.121. The molecule has 0 spiro atoms. The van der Waals surface area contributed by atoms with Gasteiger partial charge in [-0.3, -0.25) is 4.99 Å². The Morgan fingerprint density at radius 3 is 2.14 bits per heavy atom. The van der Waals surface area contributed by atoms with Crippen LogP contribution in [0.5, 0.6) is 0 Å². The molecule has 1 atom stereocenters. The Labute approximate surface area is 245 Å². The van der Waals surface area contributed by atoms with E-state index in [0.29, 0.717) is 5.69 Å². The number of aromatic nitrogens is 1. The molecule has 1 unspecified atom stereocenters. The Balaban J connectivity index is 1.42. The topological polar surface area (TPSA) is 43.3 Å². The number of nitrogens with zero attached hydrogens (tertiary/aromatic N) is 2. The van der Waals surface area contributed by atoms with Gasteiger partial charge in [-0.2, -0.15) is 0 Å². The third-order valence-electron chi connectivity index (χ3n) is 8.56. The average Bonchev–Trinajstić information content (AvgIpc) is 3.55. The zero-order chi connectivity index (χ0) is 28.0. The predicted molar refractivity (Wildman–Crippen MR) is 176 cm³/mol. The van der Waals surface area contributed by atoms with Crippen molar-refractivity contribution in [2.45, 2.75) is 12.3 Å². The molecule has 42 heavy (non-hydrogen) atoms. The van der Waals surface area contributed by atoms with Gasteiger partial charge in [-0.05, 0) is 58.1 Å². The van der Waals surface area contributed by atoms with Crippen LogP contribution in [0, 0.1) is 0 Å². The normalized spacial score (nSPS) is 14.3. The number of para-hydroxylation sites is 4. The van der Waals surface area contributed by atoms with Crippen LogP contribution in [-0.2, 0) is 0 Å². The number of nitrogen functional groups attached to an aromatic ring is 1. The van der Waals surface area contributed by atoms with Crippen molar-refractivity contribution in [1.82, 2.24) is 4.57 Å². The molecule has 7 aromatic rings. The number of rotatable bonds is 5. The summed E-state index contributed by atoms with van der Waals surface area (Å²) in [5.41, 5.74) is 19.0. The molecule has 0 aliphatic heterocycles. The number of nitrogens with two attached hydrogens (primary N) is 1. The first kappa shape index (κ1) is 24.4. The van der Waals surface area contributed by atoms with Gasteiger partial charge in [-0.15, -0.1) is 0 Å². The molecule has 0 radical (unpaired) electrons. The molecule has 8 rings (SSSR count). The van der Waals surface area contributed by atoms with Crippen molar-refractivity contribution >= 4 is 38.9 Å². The quantitative estimate of drug-likeness (QED) is 0.172. The maximum Gasteiger partial charge on any atom is 0.0862 e. The van der Waals surface area contributed by atoms with Gasteiger partial charge in [-0.1, -0.05) is 115 Å². The highest BCUT2D eigenvalue weighted by Crippen LogP contribution is 2.51. The summed E-state index contributed by atoms with van der Waals surface area (Å²) >= 11 is 0. The standard InChI is InChI=1S/C39H29N3/c40-34-20-10-11-21-35(34)41-36(26-13-3-1-4-14-26)25-33-29-18-8-7-17-28(29)31-23-24-32-30-19-9-12-22-37(30)42(39(32)38(31)33)27-15-5-2-6-16-27/h1-24,33H,25,40H2. The highest BCUT2D eigenvalue weighted by molar-refractivity contribution is 6.13. The minimum atomic E-state index is 0.121. The SMILES string of the molecule is Nc1ccccc1N=C(CC1c2ccccc2-c2ccc3c4ccccc4n(-c4ccccc4)c3c21)c1ccccc1. The van der Waals surface area contributed by atoms with Crippen molar-refractivity contribution in [3.05, 3.63) is 162 Å². The third kappa shape index (κ3) is 3.86. The van der Waals surface area contributed by atoms with Crippen LogP contribution in [0.15, 0.2) is 151 Å². The van der Waals surface area contributed by atoms with E-state index in [2.05, 4.69) is 126 Å². The zero-order valence-corrected chi connectivity index (χ0v) is 23.1. The largest absolute Gasteiger partial charge is 0.397 e. The van der Waals surface area contributed by atoms with Crippen molar-refractivity contribution < 1.29 is 0 Å². The second-order valence-corrected chi connectivity index (χ2v) is 10.9. The second-order valence-electron chi connectivity index (χ2n) is 10.9. The third-order valence-corrected chi connectivity index (χ3v) is 8.56. The molecule has 6 aromatic carbocycles. The number of benzene rings is 6. The van der Waals surface area contributed by atoms with Crippen LogP contribution in [0.1, 0.15) is 29.0 Å². The number of hydrogen-bond donors (Lipinski definition) is 1. The summed E-state index contributed by atoms with van der Waals surface area (Å²) in [6, 6.07) is 51.4. The fourth-order valence-electron chi connectivity index (χ4n) is 6.72. The molecule has 2 N–H and O–H groups in total. The average molecular weight is 540 g/mol. The van der Waals surface area contributed by atoms with Crippen LogP contribution in [0.3, 0.4) is 0 Å². The molecule has 3 nitrogen and oxygen atoms in total. The summed E-state index contributed by atoms with van der Waals surface area (Å²) in [6.07, 6.45) is 0.748. The second kappa shape index (κ2) is 9.90. The minimum Gasteiger partial charge on any atom is -0.397 e. The van der Waals surface area contributed by atoms with E-state index in [4.69, 9.17) is 10.7 Å². The minimum absolute atomic E-state index is 0.121. The van der Waals surface area contributed by atoms with Crippen LogP contribution in [0.4, 0.5) is 11.4 Å². The van der Waals surface area contributed by atoms with Crippen molar-refractivity contribution in [3.63, 3.8) is 0 Å². The Morgan fingerprint density at radius 1 is 0.619 bits per heavy atom. The molecule has 1 aliphatic carbocycles. The van der Waals surface area contributed by atoms with Crippen LogP contribution in [-0.4, -0.2) is 10.3 Å². The van der Waals surface area contributed by atoms with Gasteiger partial charge in [0.15, 0.2) is 0 Å². The van der Waals surface area contributed by atoms with Crippen LogP contribution in [0.25, 0.3) is 38.6 Å². The molecule has 1 aliphatic rings. The molecule has 200 valence electrons. The van der Waals surface area contributed by atoms with Crippen LogP contribution in [0.2, 0.25) is 0 Å². The Bertz CT molecular complexity index is 2120. The van der Waals surface area contributed by atoms with Crippen molar-refractivity contribution in [2.24, 2.45) is 4.99 Å². The van der Waals surface area contributed by atoms with Gasteiger partial charge in [0.1, 0.15) is 0 Å². The Kier molecular flexibility index (Phi) is 5.75. The van der Waals surface area contributed by atoms with Crippen LogP contribution >= 0.6 is 0 Å². The van der Waals surface area contributed by atoms with Crippen LogP contribution < -0.4 is 5.73 Å². The molecule has 3 heteroatoms. The molecule has 1 aromatic heterocycles. The Morgan fingerprint density at radius 2 is 1.31 bits per heavy atom. The lowest BCUT2D eigenvalue weighted by atomic mass is 9.88. The van der Waals surface area contributed by atoms with Gasteiger partial charge >= 0.3 is 0 Å². The van der Waals surface area contributed by atoms with E-state index in [-0.39, 0.29) is 5.92 Å². The van der Waals surface area contributed by atoms with Gasteiger partial charge in [0, 0.05) is 34.5 Å². The van der Waals surface area contributed by atoms with E-state index in [1.165, 1.54) is 49.7 Å². The summed E-state index contributed by atoms with van der Waals surface area (Å²) in [7, 11) is 0. The lowest BCUT2D eigenvalue weighted by molar-refractivity contribution is 0.884. The molecule has 0 bridgehead atoms. The molecular weight excluding hydrogens is 510 g/mol. The highest BCUT2D eigenvalue weighted by atomic mass is 15.0. The fourth-order valence-corrected chi connectivity index (χ4v) is 6.72. The van der Waals surface area contributed by atoms with E-state index < -0.39 is 0 Å². The van der Waals surface area contributed by atoms with Gasteiger partial charge < -0.3 is 10.3 Å². The number of hydrogen-bond acceptors (Lipinski definition) is 2. The van der Waals surface area contributed by atoms with Gasteiger partial charge in [0.2, 0.25) is 0 Å². The van der Waals surface area contributed by atoms with Gasteiger partial charge in [0.25, 0.3) is 0 Å². The van der Waals surface area contributed by atoms with E-state index in [1.807, 2.05) is 24.3 Å². The summed E-state index contributed by atoms with van der Waals surface area (Å²) < 4.78 is 2.46. The summed E-state index contributed by atoms with van der Waals surface area (Å²) in [4.78, 5) is 5.23. The first-order chi connectivity index (χ1) is 20.8. The Hall–Kier alpha value is -5.41. The van der Waals surface area contributed by atoms with Crippen molar-refractivity contribution in [2.75, 3.05) is 5.73 Å². The fraction of sp³-hybridized carbons (Fsp3) is 0.0513. The first-order valence-electron chi connectivity index (χ1n) is 14.5. The molecule has 1 heterocycles. The van der Waals surface area contributed by atoms with E-state index in [9.17, 15) is 0 Å². The zero-order valence-electron chi connectivity index (χ0n) is 23.1. The maximum atomic E-state index is 6.40. The number of fused-ring (bicyclic) bond motifs is 7. The van der Waals surface area contributed by atoms with Gasteiger partial charge in [-0.25, -0.2) is 0 Å². The van der Waals surface area contributed by atoms with Gasteiger partial charge in [0.05, 0.1) is 22.4 Å². The lowest BCUT2D eigenvalue weighted by Gasteiger charge is -2.19. The highest BCUT2D eigenvalue weighted by Gasteiger charge is 2.33. The monoisotopic (exact) mass is 539 g/mol. The van der Waals surface area contributed by atoms with Crippen molar-refractivity contribution in [1.29, 1.82) is 0 Å². The lowest BCUT2D eigenvalue weighted by Crippen LogP contribution is -2.10. The maximum absolute atomic E-state index is 6.40. The summed E-state index contributed by atoms with van der Waals surface area (Å²) in [5, 5.41) is 2.54.